The lowest BCUT2D eigenvalue weighted by Crippen LogP contribution is -2.55. The topological polar surface area (TPSA) is 56.7 Å². The Morgan fingerprint density at radius 2 is 1.92 bits per heavy atom. The third-order valence-electron chi connectivity index (χ3n) is 5.44. The molecule has 0 saturated carbocycles. The van der Waals surface area contributed by atoms with Crippen molar-refractivity contribution in [2.45, 2.75) is 31.3 Å². The average molecular weight is 339 g/mol. The molecule has 5 nitrogen and oxygen atoms in total. The summed E-state index contributed by atoms with van der Waals surface area (Å²) in [5.41, 5.74) is -0.313. The first-order valence-corrected chi connectivity index (χ1v) is 9.22. The van der Waals surface area contributed by atoms with Crippen LogP contribution in [-0.2, 0) is 0 Å². The molecule has 0 bridgehead atoms. The summed E-state index contributed by atoms with van der Waals surface area (Å²) in [6.45, 7) is 3.86. The van der Waals surface area contributed by atoms with E-state index in [1.54, 1.807) is 11.1 Å². The van der Waals surface area contributed by atoms with Gasteiger partial charge in [-0.25, -0.2) is 0 Å². The number of carbonyl (C=O) groups is 1. The number of hydrogen-bond acceptors (Lipinski definition) is 4. The smallest absolute Gasteiger partial charge is 0.273 e. The second kappa shape index (κ2) is 6.73. The minimum absolute atomic E-state index is 0.0728. The number of aromatic nitrogens is 1. The fourth-order valence-electron chi connectivity index (χ4n) is 4.21. The maximum absolute atomic E-state index is 13.1. The SMILES string of the molecule is O=C(c1nccc2ccccc12)N1CCCC(O)(CN2CCCC2)C1. The summed E-state index contributed by atoms with van der Waals surface area (Å²) in [5, 5.41) is 13.0. The average Bonchev–Trinajstić information content (AvgIpc) is 3.13. The van der Waals surface area contributed by atoms with Crippen molar-refractivity contribution in [2.24, 2.45) is 0 Å². The highest BCUT2D eigenvalue weighted by atomic mass is 16.3. The molecule has 25 heavy (non-hydrogen) atoms. The molecule has 2 aliphatic heterocycles. The number of piperidine rings is 1. The molecule has 3 heterocycles. The van der Waals surface area contributed by atoms with Gasteiger partial charge in [0.15, 0.2) is 0 Å². The van der Waals surface area contributed by atoms with E-state index in [9.17, 15) is 9.90 Å². The summed E-state index contributed by atoms with van der Waals surface area (Å²) in [6.07, 6.45) is 5.70. The monoisotopic (exact) mass is 339 g/mol. The number of hydrogen-bond donors (Lipinski definition) is 1. The van der Waals surface area contributed by atoms with Crippen LogP contribution in [0.15, 0.2) is 36.5 Å². The minimum Gasteiger partial charge on any atom is -0.387 e. The largest absolute Gasteiger partial charge is 0.387 e. The van der Waals surface area contributed by atoms with Crippen LogP contribution in [0, 0.1) is 0 Å². The highest BCUT2D eigenvalue weighted by Crippen LogP contribution is 2.26. The molecular weight excluding hydrogens is 314 g/mol. The number of nitrogens with zero attached hydrogens (tertiary/aromatic N) is 3. The third-order valence-corrected chi connectivity index (χ3v) is 5.44. The first-order valence-electron chi connectivity index (χ1n) is 9.22. The zero-order chi connectivity index (χ0) is 17.3. The molecule has 1 aromatic heterocycles. The molecule has 1 N–H and O–H groups in total. The van der Waals surface area contributed by atoms with Crippen molar-refractivity contribution < 1.29 is 9.90 Å². The number of likely N-dealkylation sites (tertiary alicyclic amines) is 2. The summed E-state index contributed by atoms with van der Waals surface area (Å²) < 4.78 is 0. The Morgan fingerprint density at radius 1 is 1.12 bits per heavy atom. The van der Waals surface area contributed by atoms with Crippen LogP contribution in [0.2, 0.25) is 0 Å². The molecular formula is C20H25N3O2. The molecule has 1 atom stereocenters. The van der Waals surface area contributed by atoms with Gasteiger partial charge in [0, 0.05) is 24.7 Å². The standard InChI is InChI=1S/C20H25N3O2/c24-19(18-17-7-2-1-6-16(17)8-10-21-18)23-13-5-9-20(25,15-23)14-22-11-3-4-12-22/h1-2,6-8,10,25H,3-5,9,11-15H2. The van der Waals surface area contributed by atoms with Crippen molar-refractivity contribution >= 4 is 16.7 Å². The van der Waals surface area contributed by atoms with Gasteiger partial charge in [-0.1, -0.05) is 24.3 Å². The van der Waals surface area contributed by atoms with Gasteiger partial charge in [-0.15, -0.1) is 0 Å². The van der Waals surface area contributed by atoms with Crippen LogP contribution < -0.4 is 0 Å². The van der Waals surface area contributed by atoms with Crippen LogP contribution in [0.1, 0.15) is 36.2 Å². The Morgan fingerprint density at radius 3 is 2.76 bits per heavy atom. The van der Waals surface area contributed by atoms with E-state index in [-0.39, 0.29) is 5.91 Å². The molecule has 2 aromatic rings. The Bertz CT molecular complexity index is 767. The normalized spacial score (nSPS) is 24.8. The molecule has 0 radical (unpaired) electrons. The van der Waals surface area contributed by atoms with Crippen LogP contribution in [0.3, 0.4) is 0 Å². The minimum atomic E-state index is -0.803. The Hall–Kier alpha value is -1.98. The van der Waals surface area contributed by atoms with Crippen LogP contribution in [0.25, 0.3) is 10.8 Å². The number of amides is 1. The zero-order valence-corrected chi connectivity index (χ0v) is 14.5. The fourth-order valence-corrected chi connectivity index (χ4v) is 4.21. The van der Waals surface area contributed by atoms with E-state index < -0.39 is 5.60 Å². The van der Waals surface area contributed by atoms with E-state index in [4.69, 9.17) is 0 Å². The van der Waals surface area contributed by atoms with Gasteiger partial charge in [-0.05, 0) is 50.2 Å². The first kappa shape index (κ1) is 16.5. The summed E-state index contributed by atoms with van der Waals surface area (Å²) >= 11 is 0. The highest BCUT2D eigenvalue weighted by Gasteiger charge is 2.37. The predicted molar refractivity (Wildman–Crippen MR) is 97.5 cm³/mol. The van der Waals surface area contributed by atoms with Gasteiger partial charge in [-0.3, -0.25) is 9.78 Å². The van der Waals surface area contributed by atoms with E-state index in [1.165, 1.54) is 12.8 Å². The van der Waals surface area contributed by atoms with Crippen molar-refractivity contribution in [1.82, 2.24) is 14.8 Å². The summed E-state index contributed by atoms with van der Waals surface area (Å²) in [4.78, 5) is 21.5. The van der Waals surface area contributed by atoms with Gasteiger partial charge in [0.05, 0.1) is 12.1 Å². The highest BCUT2D eigenvalue weighted by molar-refractivity contribution is 6.05. The second-order valence-electron chi connectivity index (χ2n) is 7.42. The first-order chi connectivity index (χ1) is 12.1. The van der Waals surface area contributed by atoms with E-state index in [0.717, 1.165) is 36.7 Å². The number of benzene rings is 1. The molecule has 2 aliphatic rings. The predicted octanol–water partition coefficient (Wildman–Crippen LogP) is 2.30. The van der Waals surface area contributed by atoms with E-state index in [1.807, 2.05) is 30.3 Å². The van der Waals surface area contributed by atoms with E-state index in [2.05, 4.69) is 9.88 Å². The number of carbonyl (C=O) groups excluding carboxylic acids is 1. The van der Waals surface area contributed by atoms with Crippen LogP contribution in [-0.4, -0.2) is 64.1 Å². The van der Waals surface area contributed by atoms with Gasteiger partial charge >= 0.3 is 0 Å². The molecule has 132 valence electrons. The molecule has 1 aromatic carbocycles. The lowest BCUT2D eigenvalue weighted by Gasteiger charge is -2.41. The molecule has 0 aliphatic carbocycles. The molecule has 2 fully saturated rings. The lowest BCUT2D eigenvalue weighted by molar-refractivity contribution is -0.0431. The van der Waals surface area contributed by atoms with Crippen molar-refractivity contribution in [2.75, 3.05) is 32.7 Å². The van der Waals surface area contributed by atoms with E-state index in [0.29, 0.717) is 25.3 Å². The van der Waals surface area contributed by atoms with Gasteiger partial charge in [0.25, 0.3) is 5.91 Å². The molecule has 0 spiro atoms. The third kappa shape index (κ3) is 3.39. The van der Waals surface area contributed by atoms with Gasteiger partial charge < -0.3 is 14.9 Å². The van der Waals surface area contributed by atoms with Gasteiger partial charge in [0.1, 0.15) is 5.69 Å². The van der Waals surface area contributed by atoms with Crippen molar-refractivity contribution in [3.8, 4) is 0 Å². The molecule has 1 unspecified atom stereocenters. The number of pyridine rings is 1. The van der Waals surface area contributed by atoms with Crippen molar-refractivity contribution in [3.05, 3.63) is 42.2 Å². The summed E-state index contributed by atoms with van der Waals surface area (Å²) in [6, 6.07) is 9.75. The van der Waals surface area contributed by atoms with Crippen molar-refractivity contribution in [1.29, 1.82) is 0 Å². The Balaban J connectivity index is 1.55. The van der Waals surface area contributed by atoms with Crippen LogP contribution >= 0.6 is 0 Å². The number of rotatable bonds is 3. The Kier molecular flexibility index (Phi) is 4.44. The molecule has 2 saturated heterocycles. The molecule has 1 amide bonds. The number of β-amino-alcohol motifs (C(OH)–C–C–N with tert-alkyl or cyclic N) is 1. The quantitative estimate of drug-likeness (QED) is 0.932. The second-order valence-corrected chi connectivity index (χ2v) is 7.42. The van der Waals surface area contributed by atoms with Gasteiger partial charge in [0.2, 0.25) is 0 Å². The fraction of sp³-hybridized carbons (Fsp3) is 0.500. The number of aliphatic hydroxyl groups is 1. The Labute approximate surface area is 148 Å². The summed E-state index contributed by atoms with van der Waals surface area (Å²) in [5.74, 6) is -0.0728. The summed E-state index contributed by atoms with van der Waals surface area (Å²) in [7, 11) is 0. The molecule has 5 heteroatoms. The van der Waals surface area contributed by atoms with Gasteiger partial charge in [-0.2, -0.15) is 0 Å². The number of fused-ring (bicyclic) bond motifs is 1. The lowest BCUT2D eigenvalue weighted by atomic mass is 9.91. The van der Waals surface area contributed by atoms with Crippen LogP contribution in [0.4, 0.5) is 0 Å². The van der Waals surface area contributed by atoms with Crippen molar-refractivity contribution in [3.63, 3.8) is 0 Å². The van der Waals surface area contributed by atoms with E-state index >= 15 is 0 Å². The maximum atomic E-state index is 13.1. The zero-order valence-electron chi connectivity index (χ0n) is 14.5. The maximum Gasteiger partial charge on any atom is 0.273 e. The van der Waals surface area contributed by atoms with Crippen LogP contribution in [0.5, 0.6) is 0 Å². The molecule has 4 rings (SSSR count).